The summed E-state index contributed by atoms with van der Waals surface area (Å²) in [7, 11) is 0. The van der Waals surface area contributed by atoms with E-state index in [0.717, 1.165) is 9.52 Å². The van der Waals surface area contributed by atoms with Crippen LogP contribution in [0.5, 0.6) is 0 Å². The lowest BCUT2D eigenvalue weighted by Gasteiger charge is -2.05. The van der Waals surface area contributed by atoms with Gasteiger partial charge in [0, 0.05) is 22.0 Å². The van der Waals surface area contributed by atoms with Crippen molar-refractivity contribution in [1.29, 1.82) is 0 Å². The average molecular weight is 317 g/mol. The van der Waals surface area contributed by atoms with Gasteiger partial charge in [0.25, 0.3) is 0 Å². The highest BCUT2D eigenvalue weighted by molar-refractivity contribution is 14.1. The second-order valence-corrected chi connectivity index (χ2v) is 6.49. The van der Waals surface area contributed by atoms with Gasteiger partial charge in [-0.3, -0.25) is 0 Å². The minimum atomic E-state index is 0.319. The summed E-state index contributed by atoms with van der Waals surface area (Å²) < 4.78 is 1.06. The first-order valence-electron chi connectivity index (χ1n) is 5.10. The largest absolute Gasteiger partial charge is 0.350 e. The van der Waals surface area contributed by atoms with Crippen molar-refractivity contribution in [2.24, 2.45) is 10.8 Å². The molecule has 15 heavy (non-hydrogen) atoms. The average Bonchev–Trinajstić information content (AvgIpc) is 2.52. The summed E-state index contributed by atoms with van der Waals surface area (Å²) in [5, 5.41) is 3.40. The maximum Gasteiger partial charge on any atom is 0.222 e. The van der Waals surface area contributed by atoms with Crippen LogP contribution in [0.1, 0.15) is 27.7 Å². The zero-order chi connectivity index (χ0) is 11.3. The SMILES string of the molecule is CC1(C)C(Nc2ncc(I)cn2)C1(C)C. The van der Waals surface area contributed by atoms with Crippen molar-refractivity contribution < 1.29 is 0 Å². The molecule has 1 aromatic heterocycles. The molecule has 3 nitrogen and oxygen atoms in total. The monoisotopic (exact) mass is 317 g/mol. The van der Waals surface area contributed by atoms with Gasteiger partial charge in [-0.15, -0.1) is 0 Å². The van der Waals surface area contributed by atoms with Crippen molar-refractivity contribution >= 4 is 28.5 Å². The van der Waals surface area contributed by atoms with Crippen molar-refractivity contribution in [2.75, 3.05) is 5.32 Å². The van der Waals surface area contributed by atoms with Crippen molar-refractivity contribution in [3.63, 3.8) is 0 Å². The summed E-state index contributed by atoms with van der Waals surface area (Å²) >= 11 is 2.21. The summed E-state index contributed by atoms with van der Waals surface area (Å²) in [6.07, 6.45) is 3.66. The van der Waals surface area contributed by atoms with Crippen molar-refractivity contribution in [2.45, 2.75) is 33.7 Å². The Morgan fingerprint density at radius 1 is 1.13 bits per heavy atom. The van der Waals surface area contributed by atoms with Gasteiger partial charge in [-0.1, -0.05) is 27.7 Å². The van der Waals surface area contributed by atoms with Gasteiger partial charge in [-0.2, -0.15) is 0 Å². The number of aromatic nitrogens is 2. The number of hydrogen-bond donors (Lipinski definition) is 1. The summed E-state index contributed by atoms with van der Waals surface area (Å²) in [5.41, 5.74) is 0.638. The van der Waals surface area contributed by atoms with Gasteiger partial charge >= 0.3 is 0 Å². The molecule has 4 heteroatoms. The zero-order valence-corrected chi connectivity index (χ0v) is 11.7. The van der Waals surface area contributed by atoms with Gasteiger partial charge in [0.15, 0.2) is 0 Å². The predicted molar refractivity (Wildman–Crippen MR) is 69.7 cm³/mol. The van der Waals surface area contributed by atoms with Crippen LogP contribution < -0.4 is 5.32 Å². The normalized spacial score (nSPS) is 22.5. The highest BCUT2D eigenvalue weighted by atomic mass is 127. The molecule has 0 bridgehead atoms. The molecule has 0 amide bonds. The van der Waals surface area contributed by atoms with Crippen molar-refractivity contribution in [3.8, 4) is 0 Å². The number of anilines is 1. The Kier molecular flexibility index (Phi) is 2.44. The number of nitrogens with zero attached hydrogens (tertiary/aromatic N) is 2. The molecule has 0 spiro atoms. The van der Waals surface area contributed by atoms with E-state index in [1.165, 1.54) is 0 Å². The molecule has 0 aliphatic heterocycles. The maximum absolute atomic E-state index is 4.26. The van der Waals surface area contributed by atoms with Crippen LogP contribution in [0, 0.1) is 14.4 Å². The third kappa shape index (κ3) is 1.73. The highest BCUT2D eigenvalue weighted by Gasteiger charge is 2.65. The summed E-state index contributed by atoms with van der Waals surface area (Å²) in [6.45, 7) is 9.10. The third-order valence-electron chi connectivity index (χ3n) is 3.91. The molecule has 1 fully saturated rings. The minimum absolute atomic E-state index is 0.319. The van der Waals surface area contributed by atoms with Crippen LogP contribution in [-0.2, 0) is 0 Å². The van der Waals surface area contributed by atoms with Gasteiger partial charge in [0.05, 0.1) is 0 Å². The molecule has 0 saturated heterocycles. The molecule has 1 N–H and O–H groups in total. The fraction of sp³-hybridized carbons (Fsp3) is 0.636. The number of nitrogens with one attached hydrogen (secondary N) is 1. The highest BCUT2D eigenvalue weighted by Crippen LogP contribution is 2.63. The molecule has 0 radical (unpaired) electrons. The number of rotatable bonds is 2. The lowest BCUT2D eigenvalue weighted by atomic mass is 10.0. The number of hydrogen-bond acceptors (Lipinski definition) is 3. The van der Waals surface area contributed by atoms with E-state index in [1.807, 2.05) is 12.4 Å². The van der Waals surface area contributed by atoms with E-state index in [1.54, 1.807) is 0 Å². The molecule has 1 aromatic rings. The van der Waals surface area contributed by atoms with Crippen LogP contribution >= 0.6 is 22.6 Å². The summed E-state index contributed by atoms with van der Waals surface area (Å²) in [4.78, 5) is 8.52. The second kappa shape index (κ2) is 3.30. The van der Waals surface area contributed by atoms with Crippen LogP contribution in [0.3, 0.4) is 0 Å². The summed E-state index contributed by atoms with van der Waals surface area (Å²) in [6, 6.07) is 0.463. The topological polar surface area (TPSA) is 37.8 Å². The van der Waals surface area contributed by atoms with Gasteiger partial charge in [-0.05, 0) is 33.4 Å². The summed E-state index contributed by atoms with van der Waals surface area (Å²) in [5.74, 6) is 0.735. The Morgan fingerprint density at radius 3 is 2.00 bits per heavy atom. The van der Waals surface area contributed by atoms with Crippen molar-refractivity contribution in [3.05, 3.63) is 16.0 Å². The molecular weight excluding hydrogens is 301 g/mol. The van der Waals surface area contributed by atoms with Gasteiger partial charge in [0.1, 0.15) is 0 Å². The molecule has 82 valence electrons. The Hall–Kier alpha value is -0.390. The minimum Gasteiger partial charge on any atom is -0.350 e. The van der Waals surface area contributed by atoms with Crippen LogP contribution in [0.25, 0.3) is 0 Å². The Labute approximate surface area is 104 Å². The van der Waals surface area contributed by atoms with Crippen LogP contribution in [0.2, 0.25) is 0 Å². The molecule has 1 saturated carbocycles. The van der Waals surface area contributed by atoms with E-state index >= 15 is 0 Å². The molecule has 0 unspecified atom stereocenters. The predicted octanol–water partition coefficient (Wildman–Crippen LogP) is 2.93. The lowest BCUT2D eigenvalue weighted by Crippen LogP contribution is -2.12. The van der Waals surface area contributed by atoms with Crippen molar-refractivity contribution in [1.82, 2.24) is 9.97 Å². The van der Waals surface area contributed by atoms with Crippen LogP contribution in [0.15, 0.2) is 12.4 Å². The maximum atomic E-state index is 4.26. The van der Waals surface area contributed by atoms with Crippen LogP contribution in [0.4, 0.5) is 5.95 Å². The Morgan fingerprint density at radius 2 is 1.60 bits per heavy atom. The fourth-order valence-electron chi connectivity index (χ4n) is 2.07. The third-order valence-corrected chi connectivity index (χ3v) is 4.47. The smallest absolute Gasteiger partial charge is 0.222 e. The molecule has 0 aromatic carbocycles. The first-order valence-corrected chi connectivity index (χ1v) is 6.17. The van der Waals surface area contributed by atoms with E-state index in [4.69, 9.17) is 0 Å². The van der Waals surface area contributed by atoms with E-state index in [2.05, 4.69) is 65.6 Å². The van der Waals surface area contributed by atoms with Gasteiger partial charge in [0.2, 0.25) is 5.95 Å². The van der Waals surface area contributed by atoms with E-state index in [9.17, 15) is 0 Å². The molecule has 0 atom stereocenters. The number of halogens is 1. The van der Waals surface area contributed by atoms with Gasteiger partial charge < -0.3 is 5.32 Å². The van der Waals surface area contributed by atoms with Crippen LogP contribution in [-0.4, -0.2) is 16.0 Å². The van der Waals surface area contributed by atoms with E-state index < -0.39 is 0 Å². The molecular formula is C11H16IN3. The van der Waals surface area contributed by atoms with Gasteiger partial charge in [-0.25, -0.2) is 9.97 Å². The lowest BCUT2D eigenvalue weighted by molar-refractivity contribution is 0.457. The zero-order valence-electron chi connectivity index (χ0n) is 9.50. The Bertz CT molecular complexity index is 356. The van der Waals surface area contributed by atoms with E-state index in [0.29, 0.717) is 16.9 Å². The first-order chi connectivity index (χ1) is 6.85. The molecule has 1 aliphatic carbocycles. The fourth-order valence-corrected chi connectivity index (χ4v) is 2.35. The molecule has 2 rings (SSSR count). The standard InChI is InChI=1S/C11H16IN3/c1-10(2)8(11(10,3)4)15-9-13-5-7(12)6-14-9/h5-6,8H,1-4H3,(H,13,14,15). The quantitative estimate of drug-likeness (QED) is 0.852. The molecule has 1 aliphatic rings. The van der Waals surface area contributed by atoms with E-state index in [-0.39, 0.29) is 0 Å². The second-order valence-electron chi connectivity index (χ2n) is 5.25. The Balaban J connectivity index is 2.09. The molecule has 1 heterocycles. The first kappa shape index (κ1) is 11.1.